The van der Waals surface area contributed by atoms with Crippen LogP contribution in [0.5, 0.6) is 5.75 Å². The van der Waals surface area contributed by atoms with Gasteiger partial charge in [-0.05, 0) is 54.5 Å². The van der Waals surface area contributed by atoms with Crippen LogP contribution in [0, 0.1) is 5.92 Å². The number of methoxy groups -OCH3 is 1. The summed E-state index contributed by atoms with van der Waals surface area (Å²) >= 11 is 0. The monoisotopic (exact) mass is 431 g/mol. The molecule has 6 nitrogen and oxygen atoms in total. The van der Waals surface area contributed by atoms with E-state index in [-0.39, 0.29) is 12.0 Å². The van der Waals surface area contributed by atoms with Crippen molar-refractivity contribution >= 4 is 10.0 Å². The minimum Gasteiger partial charge on any atom is -0.496 e. The first-order valence-electron chi connectivity index (χ1n) is 10.7. The molecule has 30 heavy (non-hydrogen) atoms. The number of rotatable bonds is 8. The minimum atomic E-state index is -3.52. The van der Waals surface area contributed by atoms with Crippen molar-refractivity contribution in [3.8, 4) is 5.75 Å². The van der Waals surface area contributed by atoms with Crippen LogP contribution < -0.4 is 10.6 Å². The van der Waals surface area contributed by atoms with E-state index in [9.17, 15) is 8.42 Å². The van der Waals surface area contributed by atoms with Gasteiger partial charge in [0.15, 0.2) is 0 Å². The van der Waals surface area contributed by atoms with Crippen molar-refractivity contribution < 1.29 is 13.2 Å². The molecule has 2 atom stereocenters. The van der Waals surface area contributed by atoms with E-state index >= 15 is 0 Å². The first-order valence-corrected chi connectivity index (χ1v) is 12.1. The second-order valence-corrected chi connectivity index (χ2v) is 9.70. The molecule has 0 spiro atoms. The highest BCUT2D eigenvalue weighted by molar-refractivity contribution is 7.89. The molecule has 164 valence electrons. The second-order valence-electron chi connectivity index (χ2n) is 7.76. The van der Waals surface area contributed by atoms with Gasteiger partial charge in [-0.1, -0.05) is 44.2 Å². The average molecular weight is 432 g/mol. The summed E-state index contributed by atoms with van der Waals surface area (Å²) in [5.74, 6) is 7.39. The van der Waals surface area contributed by atoms with Crippen LogP contribution in [0.2, 0.25) is 0 Å². The highest BCUT2D eigenvalue weighted by atomic mass is 32.2. The van der Waals surface area contributed by atoms with Crippen molar-refractivity contribution in [2.45, 2.75) is 44.0 Å². The van der Waals surface area contributed by atoms with Gasteiger partial charge in [0.25, 0.3) is 0 Å². The molecule has 1 fully saturated rings. The molecule has 1 heterocycles. The lowest BCUT2D eigenvalue weighted by molar-refractivity contribution is 0.0922. The molecule has 0 aromatic heterocycles. The Morgan fingerprint density at radius 1 is 1.13 bits per heavy atom. The number of ether oxygens (including phenoxy) is 1. The summed E-state index contributed by atoms with van der Waals surface area (Å²) in [4.78, 5) is 0.318. The van der Waals surface area contributed by atoms with Gasteiger partial charge in [-0.2, -0.15) is 4.31 Å². The van der Waals surface area contributed by atoms with Gasteiger partial charge in [0.2, 0.25) is 10.0 Å². The number of hydrazine groups is 1. The maximum atomic E-state index is 13.0. The smallest absolute Gasteiger partial charge is 0.243 e. The molecule has 1 aliphatic rings. The van der Waals surface area contributed by atoms with E-state index in [0.717, 1.165) is 30.7 Å². The van der Waals surface area contributed by atoms with E-state index in [4.69, 9.17) is 10.6 Å². The normalized spacial score (nSPS) is 20.4. The molecule has 0 aliphatic carbocycles. The van der Waals surface area contributed by atoms with Crippen LogP contribution in [0.4, 0.5) is 0 Å². The molecule has 2 N–H and O–H groups in total. The summed E-state index contributed by atoms with van der Waals surface area (Å²) in [7, 11) is -1.90. The number of piperidine rings is 1. The molecular weight excluding hydrogens is 398 g/mol. The van der Waals surface area contributed by atoms with E-state index in [1.54, 1.807) is 25.3 Å². The number of sulfonamides is 1. The molecule has 7 heteroatoms. The number of nitrogens with two attached hydrogens (primary N) is 1. The highest BCUT2D eigenvalue weighted by Gasteiger charge is 2.32. The topological polar surface area (TPSA) is 75.9 Å². The summed E-state index contributed by atoms with van der Waals surface area (Å²) in [6.45, 7) is 5.45. The lowest BCUT2D eigenvalue weighted by Crippen LogP contribution is -2.44. The van der Waals surface area contributed by atoms with Gasteiger partial charge in [0.05, 0.1) is 18.0 Å². The molecular formula is C23H33N3O3S. The Kier molecular flexibility index (Phi) is 7.52. The van der Waals surface area contributed by atoms with E-state index in [2.05, 4.69) is 12.1 Å². The van der Waals surface area contributed by atoms with Crippen LogP contribution in [0.15, 0.2) is 53.4 Å². The SMILES string of the molecule is CCN(CC)S(=O)(=O)c1ccc(OC)c(C[C@H]2CCCN(N)[C@H]2c2ccccc2)c1. The van der Waals surface area contributed by atoms with Crippen LogP contribution in [-0.4, -0.2) is 44.5 Å². The lowest BCUT2D eigenvalue weighted by atomic mass is 9.81. The predicted molar refractivity (Wildman–Crippen MR) is 120 cm³/mol. The molecule has 0 radical (unpaired) electrons. The fraction of sp³-hybridized carbons (Fsp3) is 0.478. The van der Waals surface area contributed by atoms with Crippen LogP contribution in [0.1, 0.15) is 43.9 Å². The van der Waals surface area contributed by atoms with Crippen LogP contribution in [0.25, 0.3) is 0 Å². The second kappa shape index (κ2) is 9.92. The highest BCUT2D eigenvalue weighted by Crippen LogP contribution is 2.38. The zero-order valence-electron chi connectivity index (χ0n) is 18.1. The third kappa shape index (κ3) is 4.70. The van der Waals surface area contributed by atoms with Crippen LogP contribution in [0.3, 0.4) is 0 Å². The largest absolute Gasteiger partial charge is 0.496 e. The molecule has 0 amide bonds. The van der Waals surface area contributed by atoms with Gasteiger partial charge in [-0.3, -0.25) is 5.84 Å². The first kappa shape index (κ1) is 22.7. The van der Waals surface area contributed by atoms with E-state index in [1.165, 1.54) is 9.87 Å². The van der Waals surface area contributed by atoms with Crippen LogP contribution in [-0.2, 0) is 16.4 Å². The Morgan fingerprint density at radius 2 is 1.83 bits per heavy atom. The Labute approximate surface area is 180 Å². The summed E-state index contributed by atoms with van der Waals surface area (Å²) in [5.41, 5.74) is 2.10. The van der Waals surface area contributed by atoms with Gasteiger partial charge < -0.3 is 4.74 Å². The van der Waals surface area contributed by atoms with E-state index in [0.29, 0.717) is 24.4 Å². The maximum Gasteiger partial charge on any atom is 0.243 e. The number of hydrogen-bond acceptors (Lipinski definition) is 5. The minimum absolute atomic E-state index is 0.0905. The van der Waals surface area contributed by atoms with Crippen LogP contribution >= 0.6 is 0 Å². The summed E-state index contributed by atoms with van der Waals surface area (Å²) in [5, 5.41) is 1.92. The lowest BCUT2D eigenvalue weighted by Gasteiger charge is -2.39. The molecule has 0 unspecified atom stereocenters. The van der Waals surface area contributed by atoms with Crippen molar-refractivity contribution in [1.82, 2.24) is 9.31 Å². The maximum absolute atomic E-state index is 13.0. The van der Waals surface area contributed by atoms with Gasteiger partial charge in [-0.15, -0.1) is 0 Å². The number of benzene rings is 2. The summed E-state index contributed by atoms with van der Waals surface area (Å²) < 4.78 is 33.1. The summed E-state index contributed by atoms with van der Waals surface area (Å²) in [6.07, 6.45) is 2.76. The Morgan fingerprint density at radius 3 is 2.47 bits per heavy atom. The quantitative estimate of drug-likeness (QED) is 0.647. The van der Waals surface area contributed by atoms with Gasteiger partial charge >= 0.3 is 0 Å². The van der Waals surface area contributed by atoms with Crippen molar-refractivity contribution in [2.24, 2.45) is 11.8 Å². The van der Waals surface area contributed by atoms with Crippen molar-refractivity contribution in [1.29, 1.82) is 0 Å². The zero-order valence-corrected chi connectivity index (χ0v) is 18.9. The van der Waals surface area contributed by atoms with E-state index < -0.39 is 10.0 Å². The molecule has 0 bridgehead atoms. The molecule has 1 aliphatic heterocycles. The number of hydrogen-bond donors (Lipinski definition) is 1. The third-order valence-corrected chi connectivity index (χ3v) is 8.06. The summed E-state index contributed by atoms with van der Waals surface area (Å²) in [6, 6.07) is 15.6. The standard InChI is InChI=1S/C23H33N3O3S/c1-4-25(5-2)30(27,28)21-13-14-22(29-3)20(17-21)16-19-12-9-15-26(24)23(19)18-10-7-6-8-11-18/h6-8,10-11,13-14,17,19,23H,4-5,9,12,15-16,24H2,1-3H3/t19-,23+/m1/s1. The van der Waals surface area contributed by atoms with Gasteiger partial charge in [0.1, 0.15) is 5.75 Å². The van der Waals surface area contributed by atoms with Crippen molar-refractivity contribution in [2.75, 3.05) is 26.7 Å². The van der Waals surface area contributed by atoms with E-state index in [1.807, 2.05) is 37.1 Å². The molecule has 1 saturated heterocycles. The number of nitrogens with zero attached hydrogens (tertiary/aromatic N) is 2. The average Bonchev–Trinajstić information content (AvgIpc) is 2.75. The molecule has 2 aromatic rings. The first-order chi connectivity index (χ1) is 14.4. The fourth-order valence-electron chi connectivity index (χ4n) is 4.50. The molecule has 2 aromatic carbocycles. The van der Waals surface area contributed by atoms with Gasteiger partial charge in [-0.25, -0.2) is 13.4 Å². The van der Waals surface area contributed by atoms with Crippen molar-refractivity contribution in [3.05, 3.63) is 59.7 Å². The van der Waals surface area contributed by atoms with Gasteiger partial charge in [0, 0.05) is 19.6 Å². The zero-order chi connectivity index (χ0) is 21.7. The fourth-order valence-corrected chi connectivity index (χ4v) is 6.01. The molecule has 0 saturated carbocycles. The Balaban J connectivity index is 1.96. The van der Waals surface area contributed by atoms with Crippen molar-refractivity contribution in [3.63, 3.8) is 0 Å². The molecule has 3 rings (SSSR count). The third-order valence-electron chi connectivity index (χ3n) is 6.01. The Bertz CT molecular complexity index is 930. The predicted octanol–water partition coefficient (Wildman–Crippen LogP) is 3.60. The Hall–Kier alpha value is -1.93.